The minimum atomic E-state index is -0.340. The summed E-state index contributed by atoms with van der Waals surface area (Å²) in [7, 11) is 1.53. The van der Waals surface area contributed by atoms with Crippen molar-refractivity contribution in [2.75, 3.05) is 38.3 Å². The van der Waals surface area contributed by atoms with Crippen LogP contribution in [0.5, 0.6) is 17.2 Å². The molecule has 0 aliphatic carbocycles. The smallest absolute Gasteiger partial charge is 0.265 e. The molecule has 164 valence electrons. The van der Waals surface area contributed by atoms with Crippen LogP contribution in [0.3, 0.4) is 0 Å². The number of fused-ring (bicyclic) bond motifs is 1. The Balaban J connectivity index is 1.72. The van der Waals surface area contributed by atoms with Gasteiger partial charge in [-0.2, -0.15) is 0 Å². The van der Waals surface area contributed by atoms with Crippen molar-refractivity contribution in [1.82, 2.24) is 5.32 Å². The number of ether oxygens (including phenoxy) is 3. The molecule has 0 spiro atoms. The predicted molar refractivity (Wildman–Crippen MR) is 115 cm³/mol. The minimum absolute atomic E-state index is 0.131. The maximum atomic E-state index is 12.7. The van der Waals surface area contributed by atoms with Crippen LogP contribution < -0.4 is 24.4 Å². The molecule has 0 saturated carbocycles. The van der Waals surface area contributed by atoms with Crippen LogP contribution in [0, 0.1) is 0 Å². The third-order valence-corrected chi connectivity index (χ3v) is 4.81. The van der Waals surface area contributed by atoms with Gasteiger partial charge in [0.15, 0.2) is 30.5 Å². The molecule has 3 rings (SSSR count). The second kappa shape index (κ2) is 10.5. The van der Waals surface area contributed by atoms with E-state index < -0.39 is 0 Å². The van der Waals surface area contributed by atoms with Gasteiger partial charge in [0.1, 0.15) is 12.3 Å². The zero-order valence-corrected chi connectivity index (χ0v) is 17.7. The van der Waals surface area contributed by atoms with E-state index in [4.69, 9.17) is 14.2 Å². The predicted octanol–water partition coefficient (Wildman–Crippen LogP) is 2.60. The topological polar surface area (TPSA) is 94.2 Å². The summed E-state index contributed by atoms with van der Waals surface area (Å²) in [4.78, 5) is 38.7. The number of anilines is 1. The standard InChI is InChI=1S/C23H26N2O6/c1-3-4-11-24-22(27)13-25-17-12-16(9-10-19(17)31-15-23(25)28)18(26)14-30-21-8-6-5-7-20(21)29-2/h5-10,12H,3-4,11,13-15H2,1-2H3,(H,24,27). The first kappa shape index (κ1) is 22.1. The first-order valence-corrected chi connectivity index (χ1v) is 10.2. The van der Waals surface area contributed by atoms with E-state index in [2.05, 4.69) is 5.32 Å². The third kappa shape index (κ3) is 5.53. The van der Waals surface area contributed by atoms with Gasteiger partial charge in [-0.15, -0.1) is 0 Å². The number of nitrogens with one attached hydrogen (secondary N) is 1. The Morgan fingerprint density at radius 2 is 1.94 bits per heavy atom. The molecule has 31 heavy (non-hydrogen) atoms. The fourth-order valence-electron chi connectivity index (χ4n) is 3.12. The van der Waals surface area contributed by atoms with Gasteiger partial charge in [0, 0.05) is 12.1 Å². The molecule has 1 aliphatic heterocycles. The molecule has 1 aliphatic rings. The number of nitrogens with zero attached hydrogens (tertiary/aromatic N) is 1. The Morgan fingerprint density at radius 3 is 2.68 bits per heavy atom. The van der Waals surface area contributed by atoms with Gasteiger partial charge in [-0.1, -0.05) is 25.5 Å². The largest absolute Gasteiger partial charge is 0.493 e. The van der Waals surface area contributed by atoms with Crippen LogP contribution >= 0.6 is 0 Å². The maximum absolute atomic E-state index is 12.7. The van der Waals surface area contributed by atoms with Crippen molar-refractivity contribution >= 4 is 23.3 Å². The molecule has 0 aromatic heterocycles. The summed E-state index contributed by atoms with van der Waals surface area (Å²) in [6.07, 6.45) is 1.83. The number of amides is 2. The molecule has 2 amide bonds. The van der Waals surface area contributed by atoms with Crippen LogP contribution in [0.4, 0.5) is 5.69 Å². The SMILES string of the molecule is CCCCNC(=O)CN1C(=O)COc2ccc(C(=O)COc3ccccc3OC)cc21. The number of benzene rings is 2. The number of ketones is 1. The molecule has 0 fully saturated rings. The van der Waals surface area contributed by atoms with Gasteiger partial charge in [-0.3, -0.25) is 19.3 Å². The third-order valence-electron chi connectivity index (χ3n) is 4.81. The molecule has 0 bridgehead atoms. The fraction of sp³-hybridized carbons (Fsp3) is 0.348. The number of Topliss-reactive ketones (excluding diaryl/α,β-unsaturated/α-hetero) is 1. The molecule has 1 N–H and O–H groups in total. The van der Waals surface area contributed by atoms with Crippen molar-refractivity contribution in [2.24, 2.45) is 0 Å². The van der Waals surface area contributed by atoms with E-state index >= 15 is 0 Å². The average Bonchev–Trinajstić information content (AvgIpc) is 2.79. The number of methoxy groups -OCH3 is 1. The molecule has 8 heteroatoms. The Bertz CT molecular complexity index is 959. The highest BCUT2D eigenvalue weighted by Gasteiger charge is 2.28. The van der Waals surface area contributed by atoms with Crippen LogP contribution in [-0.2, 0) is 9.59 Å². The number of carbonyl (C=O) groups is 3. The van der Waals surface area contributed by atoms with Crippen molar-refractivity contribution < 1.29 is 28.6 Å². The number of rotatable bonds is 10. The first-order valence-electron chi connectivity index (χ1n) is 10.2. The first-order chi connectivity index (χ1) is 15.0. The Labute approximate surface area is 181 Å². The number of para-hydroxylation sites is 2. The Morgan fingerprint density at radius 1 is 1.16 bits per heavy atom. The molecule has 2 aromatic carbocycles. The van der Waals surface area contributed by atoms with Crippen molar-refractivity contribution in [2.45, 2.75) is 19.8 Å². The summed E-state index contributed by atoms with van der Waals surface area (Å²) in [6.45, 7) is 2.10. The Kier molecular flexibility index (Phi) is 7.48. The van der Waals surface area contributed by atoms with Gasteiger partial charge < -0.3 is 19.5 Å². The van der Waals surface area contributed by atoms with Gasteiger partial charge >= 0.3 is 0 Å². The molecule has 0 unspecified atom stereocenters. The quantitative estimate of drug-likeness (QED) is 0.464. The van der Waals surface area contributed by atoms with Crippen LogP contribution in [0.2, 0.25) is 0 Å². The summed E-state index contributed by atoms with van der Waals surface area (Å²) >= 11 is 0. The summed E-state index contributed by atoms with van der Waals surface area (Å²) in [5.41, 5.74) is 0.744. The normalized spacial score (nSPS) is 12.6. The molecule has 0 saturated heterocycles. The molecule has 0 radical (unpaired) electrons. The van der Waals surface area contributed by atoms with Crippen LogP contribution in [-0.4, -0.2) is 51.0 Å². The lowest BCUT2D eigenvalue weighted by Gasteiger charge is -2.29. The highest BCUT2D eigenvalue weighted by molar-refractivity contribution is 6.04. The van der Waals surface area contributed by atoms with E-state index in [1.165, 1.54) is 12.0 Å². The summed E-state index contributed by atoms with van der Waals surface area (Å²) in [6, 6.07) is 11.8. The van der Waals surface area contributed by atoms with E-state index in [0.29, 0.717) is 35.0 Å². The van der Waals surface area contributed by atoms with Gasteiger partial charge in [-0.25, -0.2) is 0 Å². The molecular weight excluding hydrogens is 400 g/mol. The summed E-state index contributed by atoms with van der Waals surface area (Å²) < 4.78 is 16.3. The van der Waals surface area contributed by atoms with Crippen LogP contribution in [0.15, 0.2) is 42.5 Å². The number of hydrogen-bond donors (Lipinski definition) is 1. The zero-order chi connectivity index (χ0) is 22.2. The minimum Gasteiger partial charge on any atom is -0.493 e. The lowest BCUT2D eigenvalue weighted by molar-refractivity contribution is -0.125. The van der Waals surface area contributed by atoms with Gasteiger partial charge in [-0.05, 0) is 36.8 Å². The average molecular weight is 426 g/mol. The molecule has 8 nitrogen and oxygen atoms in total. The second-order valence-corrected chi connectivity index (χ2v) is 7.02. The highest BCUT2D eigenvalue weighted by Crippen LogP contribution is 2.33. The van der Waals surface area contributed by atoms with E-state index in [9.17, 15) is 14.4 Å². The Hall–Kier alpha value is -3.55. The maximum Gasteiger partial charge on any atom is 0.265 e. The van der Waals surface area contributed by atoms with E-state index in [1.807, 2.05) is 6.92 Å². The van der Waals surface area contributed by atoms with Gasteiger partial charge in [0.2, 0.25) is 5.91 Å². The van der Waals surface area contributed by atoms with Crippen molar-refractivity contribution in [1.29, 1.82) is 0 Å². The van der Waals surface area contributed by atoms with E-state index in [-0.39, 0.29) is 37.4 Å². The van der Waals surface area contributed by atoms with Crippen LogP contribution in [0.25, 0.3) is 0 Å². The molecule has 1 heterocycles. The summed E-state index contributed by atoms with van der Waals surface area (Å²) in [5.74, 6) is 0.557. The van der Waals surface area contributed by atoms with Crippen molar-refractivity contribution in [3.63, 3.8) is 0 Å². The molecule has 2 aromatic rings. The van der Waals surface area contributed by atoms with E-state index in [0.717, 1.165) is 12.8 Å². The second-order valence-electron chi connectivity index (χ2n) is 7.02. The van der Waals surface area contributed by atoms with Crippen molar-refractivity contribution in [3.8, 4) is 17.2 Å². The van der Waals surface area contributed by atoms with Gasteiger partial charge in [0.25, 0.3) is 5.91 Å². The molecular formula is C23H26N2O6. The molecule has 0 atom stereocenters. The lowest BCUT2D eigenvalue weighted by atomic mass is 10.1. The summed E-state index contributed by atoms with van der Waals surface area (Å²) in [5, 5.41) is 2.80. The van der Waals surface area contributed by atoms with Gasteiger partial charge in [0.05, 0.1) is 12.8 Å². The fourth-order valence-corrected chi connectivity index (χ4v) is 3.12. The monoisotopic (exact) mass is 426 g/mol. The number of unbranched alkanes of at least 4 members (excludes halogenated alkanes) is 1. The van der Waals surface area contributed by atoms with Crippen LogP contribution in [0.1, 0.15) is 30.1 Å². The number of hydrogen-bond acceptors (Lipinski definition) is 6. The highest BCUT2D eigenvalue weighted by atomic mass is 16.5. The van der Waals surface area contributed by atoms with Crippen molar-refractivity contribution in [3.05, 3.63) is 48.0 Å². The number of carbonyl (C=O) groups excluding carboxylic acids is 3. The van der Waals surface area contributed by atoms with E-state index in [1.54, 1.807) is 42.5 Å². The lowest BCUT2D eigenvalue weighted by Crippen LogP contribution is -2.45. The zero-order valence-electron chi connectivity index (χ0n) is 17.7.